The molecule has 3 aromatic carbocycles. The summed E-state index contributed by atoms with van der Waals surface area (Å²) in [6.45, 7) is 3.92. The first kappa shape index (κ1) is 25.8. The summed E-state index contributed by atoms with van der Waals surface area (Å²) in [7, 11) is 0. The molecular weight excluding hydrogens is 568 g/mol. The maximum atomic E-state index is 11.5. The summed E-state index contributed by atoms with van der Waals surface area (Å²) in [4.78, 5) is 22.9. The molecule has 0 saturated carbocycles. The average molecular weight is 592 g/mol. The largest absolute Gasteiger partial charge is 0.482 e. The van der Waals surface area contributed by atoms with Crippen LogP contribution >= 0.6 is 31.9 Å². The maximum absolute atomic E-state index is 11.5. The van der Waals surface area contributed by atoms with Crippen LogP contribution in [0.25, 0.3) is 22.3 Å². The second kappa shape index (κ2) is 12.6. The molecule has 0 unspecified atom stereocenters. The van der Waals surface area contributed by atoms with Gasteiger partial charge in [0, 0.05) is 8.95 Å². The van der Waals surface area contributed by atoms with Crippen LogP contribution in [0.3, 0.4) is 0 Å². The van der Waals surface area contributed by atoms with Gasteiger partial charge < -0.3 is 18.9 Å². The van der Waals surface area contributed by atoms with Gasteiger partial charge in [-0.25, -0.2) is 9.59 Å². The van der Waals surface area contributed by atoms with Crippen molar-refractivity contribution in [3.05, 3.63) is 69.6 Å². The van der Waals surface area contributed by atoms with Crippen LogP contribution in [0, 0.1) is 0 Å². The fourth-order valence-corrected chi connectivity index (χ4v) is 4.29. The molecule has 0 N–H and O–H groups in total. The second-order valence-corrected chi connectivity index (χ2v) is 8.76. The Morgan fingerprint density at radius 2 is 1.00 bits per heavy atom. The van der Waals surface area contributed by atoms with Gasteiger partial charge in [0.05, 0.1) is 13.2 Å². The van der Waals surface area contributed by atoms with Crippen LogP contribution in [-0.4, -0.2) is 38.4 Å². The third-order valence-corrected chi connectivity index (χ3v) is 6.02. The number of rotatable bonds is 10. The first-order chi connectivity index (χ1) is 16.4. The lowest BCUT2D eigenvalue weighted by Gasteiger charge is -2.13. The van der Waals surface area contributed by atoms with E-state index >= 15 is 0 Å². The molecule has 8 heteroatoms. The Kier molecular flexibility index (Phi) is 9.53. The van der Waals surface area contributed by atoms with Crippen LogP contribution in [0.4, 0.5) is 0 Å². The van der Waals surface area contributed by atoms with Gasteiger partial charge in [0.15, 0.2) is 13.2 Å². The Morgan fingerprint density at radius 1 is 0.647 bits per heavy atom. The molecule has 34 heavy (non-hydrogen) atoms. The highest BCUT2D eigenvalue weighted by Gasteiger charge is 2.12. The predicted octanol–water partition coefficient (Wildman–Crippen LogP) is 6.43. The molecule has 3 rings (SSSR count). The van der Waals surface area contributed by atoms with Crippen LogP contribution in [0.1, 0.15) is 13.8 Å². The lowest BCUT2D eigenvalue weighted by Crippen LogP contribution is -2.14. The van der Waals surface area contributed by atoms with Crippen LogP contribution in [0.15, 0.2) is 69.6 Å². The molecule has 0 atom stereocenters. The van der Waals surface area contributed by atoms with Crippen molar-refractivity contribution < 1.29 is 28.5 Å². The van der Waals surface area contributed by atoms with E-state index in [1.165, 1.54) is 0 Å². The zero-order valence-corrected chi connectivity index (χ0v) is 22.0. The SMILES string of the molecule is CCOC(=O)COc1ccc(-c2cc(Br)c(-c3ccc(OCC(=O)OCC)cc3)cc2Br)cc1. The van der Waals surface area contributed by atoms with Gasteiger partial charge in [-0.05, 0) is 72.5 Å². The predicted molar refractivity (Wildman–Crippen MR) is 137 cm³/mol. The van der Waals surface area contributed by atoms with Gasteiger partial charge in [-0.1, -0.05) is 56.1 Å². The van der Waals surface area contributed by atoms with Crippen molar-refractivity contribution >= 4 is 43.8 Å². The highest BCUT2D eigenvalue weighted by atomic mass is 79.9. The molecule has 0 saturated heterocycles. The molecule has 0 aromatic heterocycles. The summed E-state index contributed by atoms with van der Waals surface area (Å²) < 4.78 is 22.5. The summed E-state index contributed by atoms with van der Waals surface area (Å²) in [5.74, 6) is 0.391. The third kappa shape index (κ3) is 7.08. The van der Waals surface area contributed by atoms with Gasteiger partial charge in [0.2, 0.25) is 0 Å². The number of halogens is 2. The van der Waals surface area contributed by atoms with E-state index in [9.17, 15) is 9.59 Å². The number of carbonyl (C=O) groups excluding carboxylic acids is 2. The standard InChI is InChI=1S/C26H24Br2O6/c1-3-31-25(29)15-33-19-9-5-17(6-10-19)21-13-24(28)22(14-23(21)27)18-7-11-20(12-8-18)34-16-26(30)32-4-2/h5-14H,3-4,15-16H2,1-2H3. The number of carbonyl (C=O) groups is 2. The van der Waals surface area contributed by atoms with Gasteiger partial charge in [-0.15, -0.1) is 0 Å². The number of benzene rings is 3. The Hall–Kier alpha value is -2.84. The van der Waals surface area contributed by atoms with Crippen molar-refractivity contribution in [2.45, 2.75) is 13.8 Å². The lowest BCUT2D eigenvalue weighted by atomic mass is 10.00. The van der Waals surface area contributed by atoms with Gasteiger partial charge in [-0.3, -0.25) is 0 Å². The van der Waals surface area contributed by atoms with E-state index < -0.39 is 11.9 Å². The smallest absolute Gasteiger partial charge is 0.344 e. The van der Waals surface area contributed by atoms with Crippen molar-refractivity contribution in [3.63, 3.8) is 0 Å². The van der Waals surface area contributed by atoms with Crippen molar-refractivity contribution in [1.29, 1.82) is 0 Å². The van der Waals surface area contributed by atoms with E-state index in [2.05, 4.69) is 31.9 Å². The minimum absolute atomic E-state index is 0.121. The topological polar surface area (TPSA) is 71.1 Å². The molecule has 0 bridgehead atoms. The monoisotopic (exact) mass is 590 g/mol. The molecule has 0 aliphatic heterocycles. The molecule has 0 amide bonds. The van der Waals surface area contributed by atoms with E-state index in [-0.39, 0.29) is 13.2 Å². The van der Waals surface area contributed by atoms with Gasteiger partial charge in [-0.2, -0.15) is 0 Å². The summed E-state index contributed by atoms with van der Waals surface area (Å²) in [5.41, 5.74) is 3.99. The summed E-state index contributed by atoms with van der Waals surface area (Å²) in [6.07, 6.45) is 0. The Balaban J connectivity index is 1.71. The van der Waals surface area contributed by atoms with Crippen LogP contribution < -0.4 is 9.47 Å². The summed E-state index contributed by atoms with van der Waals surface area (Å²) in [6, 6.07) is 19.1. The zero-order valence-electron chi connectivity index (χ0n) is 18.8. The van der Waals surface area contributed by atoms with Gasteiger partial charge in [0.25, 0.3) is 0 Å². The Morgan fingerprint density at radius 3 is 1.32 bits per heavy atom. The van der Waals surface area contributed by atoms with E-state index in [1.54, 1.807) is 13.8 Å². The maximum Gasteiger partial charge on any atom is 0.344 e. The zero-order chi connectivity index (χ0) is 24.5. The normalized spacial score (nSPS) is 10.5. The lowest BCUT2D eigenvalue weighted by molar-refractivity contribution is -0.146. The van der Waals surface area contributed by atoms with Crippen molar-refractivity contribution in [2.75, 3.05) is 26.4 Å². The molecule has 0 heterocycles. The number of esters is 2. The minimum Gasteiger partial charge on any atom is -0.482 e. The second-order valence-electron chi connectivity index (χ2n) is 7.05. The molecule has 0 spiro atoms. The average Bonchev–Trinajstić information content (AvgIpc) is 2.84. The number of hydrogen-bond acceptors (Lipinski definition) is 6. The van der Waals surface area contributed by atoms with Crippen LogP contribution in [0.5, 0.6) is 11.5 Å². The molecule has 6 nitrogen and oxygen atoms in total. The Labute approximate surface area is 215 Å². The first-order valence-corrected chi connectivity index (χ1v) is 12.3. The van der Waals surface area contributed by atoms with E-state index in [1.807, 2.05) is 60.7 Å². The van der Waals surface area contributed by atoms with Crippen LogP contribution in [0.2, 0.25) is 0 Å². The van der Waals surface area contributed by atoms with Crippen molar-refractivity contribution in [2.24, 2.45) is 0 Å². The first-order valence-electron chi connectivity index (χ1n) is 10.7. The van der Waals surface area contributed by atoms with Crippen molar-refractivity contribution in [1.82, 2.24) is 0 Å². The van der Waals surface area contributed by atoms with Gasteiger partial charge in [0.1, 0.15) is 11.5 Å². The van der Waals surface area contributed by atoms with Gasteiger partial charge >= 0.3 is 11.9 Å². The third-order valence-electron chi connectivity index (χ3n) is 4.71. The molecule has 0 radical (unpaired) electrons. The number of ether oxygens (including phenoxy) is 4. The van der Waals surface area contributed by atoms with E-state index in [4.69, 9.17) is 18.9 Å². The summed E-state index contributed by atoms with van der Waals surface area (Å²) >= 11 is 7.36. The molecule has 3 aromatic rings. The minimum atomic E-state index is -0.396. The molecule has 0 aliphatic carbocycles. The highest BCUT2D eigenvalue weighted by molar-refractivity contribution is 9.11. The molecule has 0 aliphatic rings. The Bertz CT molecular complexity index is 1040. The van der Waals surface area contributed by atoms with E-state index in [0.717, 1.165) is 31.2 Å². The quantitative estimate of drug-likeness (QED) is 0.253. The van der Waals surface area contributed by atoms with Crippen molar-refractivity contribution in [3.8, 4) is 33.8 Å². The number of hydrogen-bond donors (Lipinski definition) is 0. The molecular formula is C26H24Br2O6. The fraction of sp³-hybridized carbons (Fsp3) is 0.231. The fourth-order valence-electron chi connectivity index (χ4n) is 3.14. The molecule has 178 valence electrons. The highest BCUT2D eigenvalue weighted by Crippen LogP contribution is 2.38. The van der Waals surface area contributed by atoms with Crippen LogP contribution in [-0.2, 0) is 19.1 Å². The van der Waals surface area contributed by atoms with E-state index in [0.29, 0.717) is 24.7 Å². The molecule has 0 fully saturated rings. The summed E-state index contributed by atoms with van der Waals surface area (Å²) in [5, 5.41) is 0.